The minimum absolute atomic E-state index is 0.00721. The molecule has 8 nitrogen and oxygen atoms in total. The van der Waals surface area contributed by atoms with Crippen LogP contribution in [0, 0.1) is 5.92 Å². The fourth-order valence-electron chi connectivity index (χ4n) is 2.55. The van der Waals surface area contributed by atoms with Crippen LogP contribution in [0.25, 0.3) is 0 Å². The number of hydrogen-bond donors (Lipinski definition) is 3. The summed E-state index contributed by atoms with van der Waals surface area (Å²) in [5.41, 5.74) is 0.896. The van der Waals surface area contributed by atoms with Gasteiger partial charge in [-0.05, 0) is 25.0 Å². The Morgan fingerprint density at radius 3 is 2.48 bits per heavy atom. The molecule has 1 aliphatic rings. The van der Waals surface area contributed by atoms with E-state index in [4.69, 9.17) is 0 Å². The zero-order valence-corrected chi connectivity index (χ0v) is 15.8. The van der Waals surface area contributed by atoms with Gasteiger partial charge in [0.15, 0.2) is 9.84 Å². The fraction of sp³-hybridized carbons (Fsp3) is 0.278. The second-order valence-corrected chi connectivity index (χ2v) is 8.34. The molecule has 27 heavy (non-hydrogen) atoms. The number of nitrogens with zero attached hydrogens (tertiary/aromatic N) is 1. The Labute approximate surface area is 157 Å². The van der Waals surface area contributed by atoms with Crippen LogP contribution in [-0.4, -0.2) is 38.5 Å². The average molecular weight is 388 g/mol. The molecule has 1 aromatic carbocycles. The first-order valence-electron chi connectivity index (χ1n) is 8.38. The lowest BCUT2D eigenvalue weighted by molar-refractivity contribution is -0.117. The summed E-state index contributed by atoms with van der Waals surface area (Å²) in [4.78, 5) is 28.4. The third-order valence-electron chi connectivity index (χ3n) is 4.13. The molecule has 3 rings (SSSR count). The zero-order chi connectivity index (χ0) is 19.6. The molecule has 2 aromatic rings. The topological polar surface area (TPSA) is 117 Å². The second-order valence-electron chi connectivity index (χ2n) is 6.35. The van der Waals surface area contributed by atoms with E-state index in [2.05, 4.69) is 20.9 Å². The van der Waals surface area contributed by atoms with E-state index in [1.165, 1.54) is 25.4 Å². The molecule has 142 valence electrons. The quantitative estimate of drug-likeness (QED) is 0.696. The van der Waals surface area contributed by atoms with Gasteiger partial charge in [0, 0.05) is 31.5 Å². The van der Waals surface area contributed by atoms with Gasteiger partial charge in [0.1, 0.15) is 5.82 Å². The van der Waals surface area contributed by atoms with Gasteiger partial charge in [-0.3, -0.25) is 9.59 Å². The summed E-state index contributed by atoms with van der Waals surface area (Å²) in [7, 11) is -1.99. The number of rotatable bonds is 6. The van der Waals surface area contributed by atoms with Gasteiger partial charge in [0.05, 0.1) is 21.8 Å². The molecular weight excluding hydrogens is 368 g/mol. The number of amides is 2. The van der Waals surface area contributed by atoms with Crippen molar-refractivity contribution in [3.8, 4) is 0 Å². The predicted molar refractivity (Wildman–Crippen MR) is 102 cm³/mol. The van der Waals surface area contributed by atoms with Crippen LogP contribution in [0.4, 0.5) is 17.2 Å². The first-order chi connectivity index (χ1) is 12.8. The van der Waals surface area contributed by atoms with Crippen molar-refractivity contribution in [2.45, 2.75) is 17.7 Å². The van der Waals surface area contributed by atoms with Crippen LogP contribution in [0.3, 0.4) is 0 Å². The van der Waals surface area contributed by atoms with Crippen LogP contribution in [0.5, 0.6) is 0 Å². The van der Waals surface area contributed by atoms with Gasteiger partial charge in [-0.15, -0.1) is 0 Å². The van der Waals surface area contributed by atoms with Gasteiger partial charge < -0.3 is 16.0 Å². The number of benzene rings is 1. The van der Waals surface area contributed by atoms with Crippen molar-refractivity contribution >= 4 is 38.8 Å². The summed E-state index contributed by atoms with van der Waals surface area (Å²) in [6, 6.07) is 7.91. The highest BCUT2D eigenvalue weighted by molar-refractivity contribution is 7.90. The minimum atomic E-state index is -3.47. The summed E-state index contributed by atoms with van der Waals surface area (Å²) in [6.07, 6.45) is 4.16. The number of carbonyl (C=O) groups excluding carboxylic acids is 2. The van der Waals surface area contributed by atoms with Crippen LogP contribution < -0.4 is 16.0 Å². The lowest BCUT2D eigenvalue weighted by Gasteiger charge is -2.15. The predicted octanol–water partition coefficient (Wildman–Crippen LogP) is 1.94. The van der Waals surface area contributed by atoms with Crippen LogP contribution in [0.2, 0.25) is 0 Å². The van der Waals surface area contributed by atoms with Gasteiger partial charge in [0.2, 0.25) is 5.91 Å². The lowest BCUT2D eigenvalue weighted by Crippen LogP contribution is -2.20. The molecule has 1 saturated carbocycles. The first-order valence-corrected chi connectivity index (χ1v) is 10.3. The monoisotopic (exact) mass is 388 g/mol. The van der Waals surface area contributed by atoms with Gasteiger partial charge in [-0.25, -0.2) is 13.4 Å². The van der Waals surface area contributed by atoms with Crippen LogP contribution >= 0.6 is 0 Å². The molecule has 3 N–H and O–H groups in total. The van der Waals surface area contributed by atoms with Gasteiger partial charge in [-0.1, -0.05) is 12.1 Å². The standard InChI is InChI=1S/C18H20N4O4S/c1-19-18(24)12-10-20-16(22-17(23)11-7-8-11)9-14(12)21-13-5-3-4-6-15(13)27(2,25)26/h3-6,9-11H,7-8H2,1-2H3,(H,19,24)(H2,20,21,22,23). The van der Waals surface area contributed by atoms with Crippen molar-refractivity contribution < 1.29 is 18.0 Å². The Hall–Kier alpha value is -2.94. The van der Waals surface area contributed by atoms with E-state index >= 15 is 0 Å². The molecule has 1 aromatic heterocycles. The van der Waals surface area contributed by atoms with Crippen LogP contribution in [0.15, 0.2) is 41.4 Å². The Kier molecular flexibility index (Phi) is 5.13. The van der Waals surface area contributed by atoms with Gasteiger partial charge >= 0.3 is 0 Å². The SMILES string of the molecule is CNC(=O)c1cnc(NC(=O)C2CC2)cc1Nc1ccccc1S(C)(=O)=O. The van der Waals surface area contributed by atoms with Gasteiger partial charge in [0.25, 0.3) is 5.91 Å². The van der Waals surface area contributed by atoms with E-state index in [1.54, 1.807) is 18.2 Å². The Morgan fingerprint density at radius 1 is 1.15 bits per heavy atom. The second kappa shape index (κ2) is 7.36. The maximum Gasteiger partial charge on any atom is 0.254 e. The Bertz CT molecular complexity index is 1000. The number of carbonyl (C=O) groups is 2. The molecule has 2 amide bonds. The zero-order valence-electron chi connectivity index (χ0n) is 14.9. The van der Waals surface area contributed by atoms with Crippen molar-refractivity contribution in [3.63, 3.8) is 0 Å². The van der Waals surface area contributed by atoms with E-state index in [0.717, 1.165) is 19.1 Å². The molecule has 1 fully saturated rings. The number of nitrogens with one attached hydrogen (secondary N) is 3. The average Bonchev–Trinajstić information content (AvgIpc) is 3.46. The molecule has 0 radical (unpaired) electrons. The van der Waals surface area contributed by atoms with Gasteiger partial charge in [-0.2, -0.15) is 0 Å². The number of para-hydroxylation sites is 1. The Morgan fingerprint density at radius 2 is 1.85 bits per heavy atom. The summed E-state index contributed by atoms with van der Waals surface area (Å²) >= 11 is 0. The third kappa shape index (κ3) is 4.43. The summed E-state index contributed by atoms with van der Waals surface area (Å²) in [5.74, 6) is -0.203. The van der Waals surface area contributed by atoms with Crippen molar-refractivity contribution in [1.82, 2.24) is 10.3 Å². The normalized spacial score (nSPS) is 13.7. The maximum absolute atomic E-state index is 12.2. The van der Waals surface area contributed by atoms with Crippen LogP contribution in [0.1, 0.15) is 23.2 Å². The van der Waals surface area contributed by atoms with Crippen molar-refractivity contribution in [2.75, 3.05) is 23.9 Å². The van der Waals surface area contributed by atoms with Crippen LogP contribution in [-0.2, 0) is 14.6 Å². The summed E-state index contributed by atoms with van der Waals surface area (Å²) in [5, 5.41) is 8.23. The molecule has 0 atom stereocenters. The lowest BCUT2D eigenvalue weighted by atomic mass is 10.2. The number of anilines is 3. The number of hydrogen-bond acceptors (Lipinski definition) is 6. The number of sulfone groups is 1. The fourth-order valence-corrected chi connectivity index (χ4v) is 3.40. The molecular formula is C18H20N4O4S. The molecule has 0 saturated heterocycles. The highest BCUT2D eigenvalue weighted by atomic mass is 32.2. The van der Waals surface area contributed by atoms with Crippen molar-refractivity contribution in [3.05, 3.63) is 42.1 Å². The van der Waals surface area contributed by atoms with E-state index in [0.29, 0.717) is 17.2 Å². The summed E-state index contributed by atoms with van der Waals surface area (Å²) < 4.78 is 24.0. The Balaban J connectivity index is 1.99. The van der Waals surface area contributed by atoms with E-state index in [1.807, 2.05) is 0 Å². The minimum Gasteiger partial charge on any atom is -0.355 e. The molecule has 0 spiro atoms. The van der Waals surface area contributed by atoms with Crippen molar-refractivity contribution in [2.24, 2.45) is 5.92 Å². The molecule has 1 aliphatic carbocycles. The largest absolute Gasteiger partial charge is 0.355 e. The van der Waals surface area contributed by atoms with E-state index in [9.17, 15) is 18.0 Å². The number of pyridine rings is 1. The van der Waals surface area contributed by atoms with E-state index < -0.39 is 9.84 Å². The molecule has 0 unspecified atom stereocenters. The third-order valence-corrected chi connectivity index (χ3v) is 5.29. The molecule has 1 heterocycles. The molecule has 9 heteroatoms. The first kappa shape index (κ1) is 18.8. The molecule has 0 aliphatic heterocycles. The van der Waals surface area contributed by atoms with E-state index in [-0.39, 0.29) is 28.2 Å². The highest BCUT2D eigenvalue weighted by Gasteiger charge is 2.30. The molecule has 0 bridgehead atoms. The maximum atomic E-state index is 12.2. The number of aromatic nitrogens is 1. The highest BCUT2D eigenvalue weighted by Crippen LogP contribution is 2.31. The summed E-state index contributed by atoms with van der Waals surface area (Å²) in [6.45, 7) is 0. The van der Waals surface area contributed by atoms with Crippen molar-refractivity contribution in [1.29, 1.82) is 0 Å². The smallest absolute Gasteiger partial charge is 0.254 e.